The minimum Gasteiger partial charge on any atom is -0.492 e. The molecule has 0 saturated heterocycles. The van der Waals surface area contributed by atoms with E-state index in [1.165, 1.54) is 0 Å². The quantitative estimate of drug-likeness (QED) is 0.746. The molecule has 0 saturated carbocycles. The number of carbonyl (C=O) groups is 1. The van der Waals surface area contributed by atoms with E-state index in [4.69, 9.17) is 9.47 Å². The van der Waals surface area contributed by atoms with Gasteiger partial charge in [-0.05, 0) is 46.5 Å². The van der Waals surface area contributed by atoms with Crippen molar-refractivity contribution in [3.05, 3.63) is 22.2 Å². The van der Waals surface area contributed by atoms with Crippen LogP contribution in [0.3, 0.4) is 0 Å². The van der Waals surface area contributed by atoms with Gasteiger partial charge in [0.25, 0.3) is 0 Å². The van der Waals surface area contributed by atoms with Crippen molar-refractivity contribution in [2.45, 2.75) is 33.4 Å². The lowest BCUT2D eigenvalue weighted by atomic mass is 10.0. The van der Waals surface area contributed by atoms with Crippen LogP contribution in [0.5, 0.6) is 11.5 Å². The van der Waals surface area contributed by atoms with Crippen LogP contribution in [0.1, 0.15) is 26.3 Å². The molecule has 0 aromatic heterocycles. The maximum Gasteiger partial charge on any atom is 0.320 e. The summed E-state index contributed by atoms with van der Waals surface area (Å²) >= 11 is 3.44. The van der Waals surface area contributed by atoms with Crippen molar-refractivity contribution in [1.29, 1.82) is 0 Å². The number of methoxy groups -OCH3 is 1. The lowest BCUT2D eigenvalue weighted by Crippen LogP contribution is -2.40. The fourth-order valence-corrected chi connectivity index (χ4v) is 2.67. The Morgan fingerprint density at radius 3 is 2.57 bits per heavy atom. The van der Waals surface area contributed by atoms with Gasteiger partial charge in [0.2, 0.25) is 0 Å². The molecular weight excluding hydrogens is 338 g/mol. The first-order valence-corrected chi connectivity index (χ1v) is 7.65. The van der Waals surface area contributed by atoms with Crippen LogP contribution in [-0.2, 0) is 11.3 Å². The summed E-state index contributed by atoms with van der Waals surface area (Å²) in [5.41, 5.74) is 0.929. The van der Waals surface area contributed by atoms with Gasteiger partial charge in [0.15, 0.2) is 11.5 Å². The molecule has 0 aliphatic carbocycles. The summed E-state index contributed by atoms with van der Waals surface area (Å²) in [4.78, 5) is 11.2. The Kier molecular flexibility index (Phi) is 6.98. The van der Waals surface area contributed by atoms with E-state index < -0.39 is 12.0 Å². The molecule has 21 heavy (non-hydrogen) atoms. The summed E-state index contributed by atoms with van der Waals surface area (Å²) in [6.07, 6.45) is 0. The van der Waals surface area contributed by atoms with Gasteiger partial charge in [0.1, 0.15) is 6.04 Å². The molecule has 0 aliphatic rings. The average molecular weight is 360 g/mol. The summed E-state index contributed by atoms with van der Waals surface area (Å²) in [5.74, 6) is 0.444. The number of carboxylic acid groups (broad SMARTS) is 1. The minimum atomic E-state index is -0.845. The molecule has 2 N–H and O–H groups in total. The second-order valence-electron chi connectivity index (χ2n) is 4.98. The van der Waals surface area contributed by atoms with Crippen LogP contribution < -0.4 is 14.8 Å². The van der Waals surface area contributed by atoms with Crippen molar-refractivity contribution in [2.75, 3.05) is 13.7 Å². The summed E-state index contributed by atoms with van der Waals surface area (Å²) in [5, 5.41) is 12.2. The highest BCUT2D eigenvalue weighted by molar-refractivity contribution is 9.10. The molecule has 0 heterocycles. The molecule has 1 aromatic rings. The first-order valence-electron chi connectivity index (χ1n) is 6.86. The van der Waals surface area contributed by atoms with Crippen molar-refractivity contribution in [3.63, 3.8) is 0 Å². The topological polar surface area (TPSA) is 67.8 Å². The Morgan fingerprint density at radius 1 is 1.43 bits per heavy atom. The van der Waals surface area contributed by atoms with E-state index in [2.05, 4.69) is 21.2 Å². The number of hydrogen-bond acceptors (Lipinski definition) is 4. The predicted octanol–water partition coefficient (Wildman–Crippen LogP) is 3.06. The Bertz CT molecular complexity index is 491. The molecular formula is C15H22BrNO4. The first kappa shape index (κ1) is 17.8. The highest BCUT2D eigenvalue weighted by Gasteiger charge is 2.21. The van der Waals surface area contributed by atoms with E-state index in [0.717, 1.165) is 10.0 Å². The Hall–Kier alpha value is -1.27. The lowest BCUT2D eigenvalue weighted by Gasteiger charge is -2.19. The highest BCUT2D eigenvalue weighted by atomic mass is 79.9. The van der Waals surface area contributed by atoms with Crippen molar-refractivity contribution in [1.82, 2.24) is 5.32 Å². The third-order valence-electron chi connectivity index (χ3n) is 3.03. The van der Waals surface area contributed by atoms with E-state index in [0.29, 0.717) is 24.7 Å². The van der Waals surface area contributed by atoms with Crippen LogP contribution in [0.15, 0.2) is 16.6 Å². The van der Waals surface area contributed by atoms with E-state index in [1.54, 1.807) is 7.11 Å². The van der Waals surface area contributed by atoms with Gasteiger partial charge in [-0.1, -0.05) is 13.8 Å². The number of rotatable bonds is 8. The summed E-state index contributed by atoms with van der Waals surface area (Å²) in [6, 6.07) is 3.17. The van der Waals surface area contributed by atoms with Gasteiger partial charge in [-0.25, -0.2) is 0 Å². The van der Waals surface area contributed by atoms with Crippen LogP contribution in [-0.4, -0.2) is 30.8 Å². The van der Waals surface area contributed by atoms with E-state index >= 15 is 0 Å². The molecule has 0 unspecified atom stereocenters. The molecule has 0 radical (unpaired) electrons. The number of halogens is 1. The molecule has 5 nitrogen and oxygen atoms in total. The lowest BCUT2D eigenvalue weighted by molar-refractivity contribution is -0.140. The predicted molar refractivity (Wildman–Crippen MR) is 85.0 cm³/mol. The zero-order valence-electron chi connectivity index (χ0n) is 12.8. The largest absolute Gasteiger partial charge is 0.492 e. The third kappa shape index (κ3) is 4.89. The minimum absolute atomic E-state index is 0.00977. The zero-order valence-corrected chi connectivity index (χ0v) is 14.4. The Morgan fingerprint density at radius 2 is 2.10 bits per heavy atom. The molecule has 1 atom stereocenters. The maximum atomic E-state index is 11.2. The molecule has 0 fully saturated rings. The molecule has 1 rings (SSSR count). The van der Waals surface area contributed by atoms with E-state index in [1.807, 2.05) is 32.9 Å². The normalized spacial score (nSPS) is 12.3. The van der Waals surface area contributed by atoms with Crippen LogP contribution in [0, 0.1) is 5.92 Å². The molecule has 118 valence electrons. The number of benzene rings is 1. The number of carboxylic acids is 1. The van der Waals surface area contributed by atoms with Crippen molar-refractivity contribution in [2.24, 2.45) is 5.92 Å². The molecule has 6 heteroatoms. The molecule has 0 bridgehead atoms. The van der Waals surface area contributed by atoms with Crippen LogP contribution in [0.2, 0.25) is 0 Å². The second-order valence-corrected chi connectivity index (χ2v) is 5.84. The number of hydrogen-bond donors (Lipinski definition) is 2. The van der Waals surface area contributed by atoms with Gasteiger partial charge in [-0.2, -0.15) is 0 Å². The summed E-state index contributed by atoms with van der Waals surface area (Å²) < 4.78 is 11.6. The average Bonchev–Trinajstić information content (AvgIpc) is 2.38. The maximum absolute atomic E-state index is 11.2. The molecule has 0 aliphatic heterocycles. The number of nitrogens with one attached hydrogen (secondary N) is 1. The van der Waals surface area contributed by atoms with Crippen LogP contribution in [0.4, 0.5) is 0 Å². The van der Waals surface area contributed by atoms with Gasteiger partial charge in [-0.15, -0.1) is 0 Å². The number of aliphatic carboxylic acids is 1. The van der Waals surface area contributed by atoms with Gasteiger partial charge < -0.3 is 19.9 Å². The monoisotopic (exact) mass is 359 g/mol. The van der Waals surface area contributed by atoms with Gasteiger partial charge in [0.05, 0.1) is 18.2 Å². The fourth-order valence-electron chi connectivity index (χ4n) is 2.02. The summed E-state index contributed by atoms with van der Waals surface area (Å²) in [7, 11) is 1.58. The first-order chi connectivity index (χ1) is 9.90. The fraction of sp³-hybridized carbons (Fsp3) is 0.533. The molecule has 0 spiro atoms. The summed E-state index contributed by atoms with van der Waals surface area (Å²) in [6.45, 7) is 6.63. The third-order valence-corrected chi connectivity index (χ3v) is 3.62. The van der Waals surface area contributed by atoms with Gasteiger partial charge in [-0.3, -0.25) is 4.79 Å². The Balaban J connectivity index is 2.91. The van der Waals surface area contributed by atoms with E-state index in [9.17, 15) is 9.90 Å². The zero-order chi connectivity index (χ0) is 16.0. The molecule has 1 aromatic carbocycles. The van der Waals surface area contributed by atoms with Gasteiger partial charge >= 0.3 is 5.97 Å². The van der Waals surface area contributed by atoms with Crippen molar-refractivity contribution < 1.29 is 19.4 Å². The van der Waals surface area contributed by atoms with Gasteiger partial charge in [0, 0.05) is 6.54 Å². The van der Waals surface area contributed by atoms with Crippen molar-refractivity contribution >= 4 is 21.9 Å². The van der Waals surface area contributed by atoms with E-state index in [-0.39, 0.29) is 5.92 Å². The standard InChI is InChI=1S/C15H22BrNO4/c1-5-21-12-7-10(6-11(16)14(12)20-4)8-17-13(9(2)3)15(18)19/h6-7,9,13,17H,5,8H2,1-4H3,(H,18,19)/t13-/m1/s1. The van der Waals surface area contributed by atoms with Crippen molar-refractivity contribution in [3.8, 4) is 11.5 Å². The van der Waals surface area contributed by atoms with Crippen LogP contribution >= 0.6 is 15.9 Å². The van der Waals surface area contributed by atoms with Crippen LogP contribution in [0.25, 0.3) is 0 Å². The highest BCUT2D eigenvalue weighted by Crippen LogP contribution is 2.36. The number of ether oxygens (including phenoxy) is 2. The Labute approximate surface area is 133 Å². The SMILES string of the molecule is CCOc1cc(CN[C@@H](C(=O)O)C(C)C)cc(Br)c1OC. The smallest absolute Gasteiger partial charge is 0.320 e. The molecule has 0 amide bonds. The second kappa shape index (κ2) is 8.24.